The van der Waals surface area contributed by atoms with Gasteiger partial charge in [0, 0.05) is 19.5 Å². The van der Waals surface area contributed by atoms with E-state index in [2.05, 4.69) is 5.32 Å². The summed E-state index contributed by atoms with van der Waals surface area (Å²) in [6, 6.07) is 13.0. The van der Waals surface area contributed by atoms with E-state index in [0.717, 1.165) is 11.1 Å². The minimum absolute atomic E-state index is 0.106. The Balaban J connectivity index is 2.11. The van der Waals surface area contributed by atoms with Crippen molar-refractivity contribution in [3.05, 3.63) is 53.6 Å². The van der Waals surface area contributed by atoms with Gasteiger partial charge in [0.15, 0.2) is 0 Å². The number of nitrogens with one attached hydrogen (secondary N) is 1. The van der Waals surface area contributed by atoms with E-state index in [1.165, 1.54) is 26.0 Å². The molecule has 0 saturated heterocycles. The number of rotatable bonds is 7. The summed E-state index contributed by atoms with van der Waals surface area (Å²) in [7, 11) is 3.05. The van der Waals surface area contributed by atoms with E-state index >= 15 is 0 Å². The van der Waals surface area contributed by atoms with E-state index in [-0.39, 0.29) is 18.4 Å². The summed E-state index contributed by atoms with van der Waals surface area (Å²) in [5.41, 5.74) is 2.65. The first-order valence-electron chi connectivity index (χ1n) is 8.27. The minimum atomic E-state index is -0.262. The van der Waals surface area contributed by atoms with Crippen molar-refractivity contribution in [2.45, 2.75) is 20.4 Å². The molecular weight excluding hydrogens is 332 g/mol. The number of carbonyl (C=O) groups is 2. The Hall–Kier alpha value is -3.02. The Bertz CT molecular complexity index is 772. The summed E-state index contributed by atoms with van der Waals surface area (Å²) in [5, 5.41) is 2.83. The van der Waals surface area contributed by atoms with E-state index in [9.17, 15) is 9.59 Å². The molecule has 2 aromatic rings. The lowest BCUT2D eigenvalue weighted by Gasteiger charge is -2.23. The molecule has 0 heterocycles. The Labute approximate surface area is 153 Å². The van der Waals surface area contributed by atoms with Crippen LogP contribution in [0, 0.1) is 6.92 Å². The largest absolute Gasteiger partial charge is 0.497 e. The van der Waals surface area contributed by atoms with Gasteiger partial charge < -0.3 is 14.8 Å². The number of benzene rings is 2. The summed E-state index contributed by atoms with van der Waals surface area (Å²) in [6.07, 6.45) is 0. The first-order valence-corrected chi connectivity index (χ1v) is 8.27. The van der Waals surface area contributed by atoms with Crippen LogP contribution >= 0.6 is 0 Å². The van der Waals surface area contributed by atoms with Crippen LogP contribution < -0.4 is 19.7 Å². The van der Waals surface area contributed by atoms with Crippen molar-refractivity contribution in [2.75, 3.05) is 25.7 Å². The van der Waals surface area contributed by atoms with Crippen molar-refractivity contribution >= 4 is 17.5 Å². The summed E-state index contributed by atoms with van der Waals surface area (Å²) >= 11 is 0. The van der Waals surface area contributed by atoms with Crippen molar-refractivity contribution in [1.82, 2.24) is 5.32 Å². The highest BCUT2D eigenvalue weighted by Crippen LogP contribution is 2.32. The van der Waals surface area contributed by atoms with E-state index in [1.54, 1.807) is 18.2 Å². The lowest BCUT2D eigenvalue weighted by Crippen LogP contribution is -2.39. The summed E-state index contributed by atoms with van der Waals surface area (Å²) in [4.78, 5) is 25.8. The molecule has 0 saturated carbocycles. The fourth-order valence-corrected chi connectivity index (χ4v) is 2.48. The van der Waals surface area contributed by atoms with Gasteiger partial charge in [0.1, 0.15) is 18.0 Å². The van der Waals surface area contributed by atoms with E-state index in [4.69, 9.17) is 9.47 Å². The normalized spacial score (nSPS) is 10.2. The Morgan fingerprint density at radius 3 is 2.31 bits per heavy atom. The predicted octanol–water partition coefficient (Wildman–Crippen LogP) is 2.68. The highest BCUT2D eigenvalue weighted by Gasteiger charge is 2.20. The third-order valence-corrected chi connectivity index (χ3v) is 3.97. The van der Waals surface area contributed by atoms with Crippen molar-refractivity contribution in [1.29, 1.82) is 0 Å². The summed E-state index contributed by atoms with van der Waals surface area (Å²) < 4.78 is 10.5. The first-order chi connectivity index (χ1) is 12.4. The molecule has 0 aliphatic carbocycles. The van der Waals surface area contributed by atoms with Gasteiger partial charge in [-0.2, -0.15) is 0 Å². The van der Waals surface area contributed by atoms with Gasteiger partial charge in [-0.05, 0) is 24.6 Å². The molecule has 0 bridgehead atoms. The fourth-order valence-electron chi connectivity index (χ4n) is 2.48. The van der Waals surface area contributed by atoms with Gasteiger partial charge in [-0.25, -0.2) is 0 Å². The molecular formula is C20H24N2O4. The van der Waals surface area contributed by atoms with Gasteiger partial charge in [0.25, 0.3) is 0 Å². The molecule has 0 fully saturated rings. The molecule has 0 aliphatic rings. The topological polar surface area (TPSA) is 67.9 Å². The zero-order valence-electron chi connectivity index (χ0n) is 15.5. The highest BCUT2D eigenvalue weighted by atomic mass is 16.5. The molecule has 1 N–H and O–H groups in total. The van der Waals surface area contributed by atoms with Gasteiger partial charge in [0.05, 0.1) is 19.9 Å². The second-order valence-corrected chi connectivity index (χ2v) is 5.91. The van der Waals surface area contributed by atoms with Crippen LogP contribution in [0.5, 0.6) is 11.5 Å². The van der Waals surface area contributed by atoms with Crippen LogP contribution in [-0.2, 0) is 16.1 Å². The number of nitrogens with zero attached hydrogens (tertiary/aromatic N) is 1. The lowest BCUT2D eigenvalue weighted by molar-refractivity contribution is -0.123. The minimum Gasteiger partial charge on any atom is -0.497 e. The molecule has 0 aliphatic heterocycles. The lowest BCUT2D eigenvalue weighted by atomic mass is 10.1. The average molecular weight is 356 g/mol. The zero-order valence-corrected chi connectivity index (χ0v) is 15.5. The molecule has 2 rings (SSSR count). The van der Waals surface area contributed by atoms with Crippen molar-refractivity contribution in [2.24, 2.45) is 0 Å². The fraction of sp³-hybridized carbons (Fsp3) is 0.300. The number of hydrogen-bond acceptors (Lipinski definition) is 4. The predicted molar refractivity (Wildman–Crippen MR) is 101 cm³/mol. The maximum absolute atomic E-state index is 12.3. The number of carbonyl (C=O) groups excluding carboxylic acids is 2. The SMILES string of the molecule is COc1ccc(OC)c(N(CC(=O)NCc2ccc(C)cc2)C(C)=O)c1. The third kappa shape index (κ3) is 4.99. The Morgan fingerprint density at radius 1 is 1.04 bits per heavy atom. The molecule has 6 heteroatoms. The van der Waals surface area contributed by atoms with Crippen molar-refractivity contribution < 1.29 is 19.1 Å². The second-order valence-electron chi connectivity index (χ2n) is 5.91. The highest BCUT2D eigenvalue weighted by molar-refractivity contribution is 5.98. The van der Waals surface area contributed by atoms with Crippen LogP contribution in [0.3, 0.4) is 0 Å². The van der Waals surface area contributed by atoms with Crippen LogP contribution in [0.1, 0.15) is 18.1 Å². The van der Waals surface area contributed by atoms with E-state index in [1.807, 2.05) is 31.2 Å². The van der Waals surface area contributed by atoms with Gasteiger partial charge >= 0.3 is 0 Å². The average Bonchev–Trinajstić information content (AvgIpc) is 2.64. The second kappa shape index (κ2) is 8.89. The molecule has 6 nitrogen and oxygen atoms in total. The Kier molecular flexibility index (Phi) is 6.60. The van der Waals surface area contributed by atoms with Gasteiger partial charge in [-0.15, -0.1) is 0 Å². The number of methoxy groups -OCH3 is 2. The molecule has 2 amide bonds. The number of aryl methyl sites for hydroxylation is 1. The smallest absolute Gasteiger partial charge is 0.240 e. The van der Waals surface area contributed by atoms with Gasteiger partial charge in [0.2, 0.25) is 11.8 Å². The van der Waals surface area contributed by atoms with Crippen LogP contribution in [0.2, 0.25) is 0 Å². The zero-order chi connectivity index (χ0) is 19.1. The molecule has 26 heavy (non-hydrogen) atoms. The first kappa shape index (κ1) is 19.3. The monoisotopic (exact) mass is 356 g/mol. The van der Waals surface area contributed by atoms with E-state index in [0.29, 0.717) is 23.7 Å². The number of hydrogen-bond donors (Lipinski definition) is 1. The van der Waals surface area contributed by atoms with Crippen molar-refractivity contribution in [3.63, 3.8) is 0 Å². The third-order valence-electron chi connectivity index (χ3n) is 3.97. The molecule has 0 aromatic heterocycles. The number of ether oxygens (including phenoxy) is 2. The molecule has 138 valence electrons. The van der Waals surface area contributed by atoms with Gasteiger partial charge in [-0.3, -0.25) is 14.5 Å². The van der Waals surface area contributed by atoms with Crippen LogP contribution in [0.25, 0.3) is 0 Å². The molecule has 0 unspecified atom stereocenters. The summed E-state index contributed by atoms with van der Waals surface area (Å²) in [5.74, 6) is 0.548. The molecule has 2 aromatic carbocycles. The van der Waals surface area contributed by atoms with Crippen LogP contribution in [0.15, 0.2) is 42.5 Å². The summed E-state index contributed by atoms with van der Waals surface area (Å²) in [6.45, 7) is 3.71. The maximum atomic E-state index is 12.3. The van der Waals surface area contributed by atoms with Crippen LogP contribution in [-0.4, -0.2) is 32.6 Å². The van der Waals surface area contributed by atoms with Gasteiger partial charge in [-0.1, -0.05) is 29.8 Å². The van der Waals surface area contributed by atoms with Crippen molar-refractivity contribution in [3.8, 4) is 11.5 Å². The number of anilines is 1. The van der Waals surface area contributed by atoms with Crippen LogP contribution in [0.4, 0.5) is 5.69 Å². The molecule has 0 spiro atoms. The maximum Gasteiger partial charge on any atom is 0.240 e. The standard InChI is InChI=1S/C20H24N2O4/c1-14-5-7-16(8-6-14)12-21-20(24)13-22(15(2)23)18-11-17(25-3)9-10-19(18)26-4/h5-11H,12-13H2,1-4H3,(H,21,24). The van der Waals surface area contributed by atoms with E-state index < -0.39 is 0 Å². The molecule has 0 atom stereocenters. The Morgan fingerprint density at radius 2 is 1.73 bits per heavy atom. The quantitative estimate of drug-likeness (QED) is 0.828. The molecule has 0 radical (unpaired) electrons. The number of amides is 2.